The van der Waals surface area contributed by atoms with E-state index in [1.165, 1.54) is 18.2 Å². The molecule has 146 valence electrons. The molecule has 28 heavy (non-hydrogen) atoms. The van der Waals surface area contributed by atoms with E-state index in [9.17, 15) is 8.78 Å². The minimum absolute atomic E-state index is 0.0408. The number of ether oxygens (including phenoxy) is 1. The van der Waals surface area contributed by atoms with Crippen LogP contribution >= 0.6 is 11.6 Å². The van der Waals surface area contributed by atoms with Gasteiger partial charge < -0.3 is 10.5 Å². The number of likely N-dealkylation sites (tertiary alicyclic amines) is 1. The Hall–Kier alpha value is -2.35. The van der Waals surface area contributed by atoms with Crippen molar-refractivity contribution in [3.63, 3.8) is 0 Å². The highest BCUT2D eigenvalue weighted by Crippen LogP contribution is 2.30. The van der Waals surface area contributed by atoms with Crippen LogP contribution in [0.4, 0.5) is 8.78 Å². The lowest BCUT2D eigenvalue weighted by Crippen LogP contribution is -2.28. The molecule has 0 bridgehead atoms. The van der Waals surface area contributed by atoms with Gasteiger partial charge in [0, 0.05) is 43.5 Å². The minimum atomic E-state index is -0.490. The van der Waals surface area contributed by atoms with Gasteiger partial charge in [0.1, 0.15) is 5.82 Å². The van der Waals surface area contributed by atoms with Crippen molar-refractivity contribution in [3.8, 4) is 0 Å². The van der Waals surface area contributed by atoms with Crippen molar-refractivity contribution in [3.05, 3.63) is 70.1 Å². The molecule has 0 amide bonds. The number of fused-ring (bicyclic) bond motifs is 1. The number of benzene rings is 1. The normalized spacial score (nSPS) is 25.4. The van der Waals surface area contributed by atoms with Gasteiger partial charge >= 0.3 is 0 Å². The first-order valence-corrected chi connectivity index (χ1v) is 9.30. The van der Waals surface area contributed by atoms with E-state index in [4.69, 9.17) is 22.1 Å². The largest absolute Gasteiger partial charge is 0.398 e. The molecule has 1 aromatic heterocycles. The summed E-state index contributed by atoms with van der Waals surface area (Å²) >= 11 is 6.17. The van der Waals surface area contributed by atoms with E-state index >= 15 is 0 Å². The molecule has 8 heteroatoms. The van der Waals surface area contributed by atoms with Crippen LogP contribution in [0.5, 0.6) is 0 Å². The monoisotopic (exact) mass is 404 g/mol. The van der Waals surface area contributed by atoms with Crippen molar-refractivity contribution >= 4 is 23.5 Å². The molecule has 5 nitrogen and oxygen atoms in total. The molecular weight excluding hydrogens is 386 g/mol. The summed E-state index contributed by atoms with van der Waals surface area (Å²) in [7, 11) is 0. The molecule has 0 spiro atoms. The molecule has 2 aliphatic rings. The second-order valence-corrected chi connectivity index (χ2v) is 7.38. The minimum Gasteiger partial charge on any atom is -0.398 e. The molecule has 0 aliphatic carbocycles. The summed E-state index contributed by atoms with van der Waals surface area (Å²) in [5, 5.41) is 0.254. The zero-order valence-corrected chi connectivity index (χ0v) is 15.7. The van der Waals surface area contributed by atoms with Gasteiger partial charge in [-0.15, -0.1) is 0 Å². The number of hydrogen-bond donors (Lipinski definition) is 1. The van der Waals surface area contributed by atoms with Gasteiger partial charge in [-0.3, -0.25) is 9.89 Å². The molecule has 2 aromatic rings. The van der Waals surface area contributed by atoms with E-state index in [0.717, 1.165) is 12.1 Å². The lowest BCUT2D eigenvalue weighted by atomic mass is 10.1. The van der Waals surface area contributed by atoms with Crippen molar-refractivity contribution in [2.24, 2.45) is 16.6 Å². The van der Waals surface area contributed by atoms with Crippen LogP contribution in [0.3, 0.4) is 0 Å². The highest BCUT2D eigenvalue weighted by molar-refractivity contribution is 6.32. The molecule has 4 rings (SSSR count). The molecule has 2 N–H and O–H groups in total. The number of pyridine rings is 1. The Bertz CT molecular complexity index is 932. The Kier molecular flexibility index (Phi) is 5.39. The number of rotatable bonds is 3. The Morgan fingerprint density at radius 3 is 2.82 bits per heavy atom. The first-order valence-electron chi connectivity index (χ1n) is 8.92. The van der Waals surface area contributed by atoms with Crippen LogP contribution in [0.2, 0.25) is 5.02 Å². The fourth-order valence-electron chi connectivity index (χ4n) is 3.53. The van der Waals surface area contributed by atoms with Crippen molar-refractivity contribution < 1.29 is 13.5 Å². The first kappa shape index (κ1) is 19.0. The van der Waals surface area contributed by atoms with E-state index in [-0.39, 0.29) is 23.7 Å². The molecular formula is C20H19ClF2N4O. The van der Waals surface area contributed by atoms with Gasteiger partial charge in [-0.1, -0.05) is 17.7 Å². The zero-order valence-electron chi connectivity index (χ0n) is 15.0. The van der Waals surface area contributed by atoms with Crippen molar-refractivity contribution in [2.75, 3.05) is 19.7 Å². The number of hydrogen-bond acceptors (Lipinski definition) is 5. The summed E-state index contributed by atoms with van der Waals surface area (Å²) in [5.41, 5.74) is 8.64. The van der Waals surface area contributed by atoms with Gasteiger partial charge in [0.2, 0.25) is 5.95 Å². The predicted molar refractivity (Wildman–Crippen MR) is 104 cm³/mol. The van der Waals surface area contributed by atoms with E-state index in [0.29, 0.717) is 30.0 Å². The van der Waals surface area contributed by atoms with Gasteiger partial charge in [0.05, 0.1) is 29.1 Å². The maximum atomic E-state index is 13.4. The third-order valence-corrected chi connectivity index (χ3v) is 5.23. The summed E-state index contributed by atoms with van der Waals surface area (Å²) in [6.45, 7) is 2.33. The number of nitrogens with zero attached hydrogens (tertiary/aromatic N) is 3. The lowest BCUT2D eigenvalue weighted by molar-refractivity contribution is 0.0628. The molecule has 1 aromatic carbocycles. The molecule has 2 aliphatic heterocycles. The van der Waals surface area contributed by atoms with Crippen molar-refractivity contribution in [1.29, 1.82) is 0 Å². The summed E-state index contributed by atoms with van der Waals surface area (Å²) < 4.78 is 32.4. The summed E-state index contributed by atoms with van der Waals surface area (Å²) in [6, 6.07) is 7.22. The van der Waals surface area contributed by atoms with E-state index in [1.807, 2.05) is 6.21 Å². The Labute approximate surface area is 166 Å². The summed E-state index contributed by atoms with van der Waals surface area (Å²) in [5.74, 6) is -0.827. The van der Waals surface area contributed by atoms with E-state index < -0.39 is 11.8 Å². The average Bonchev–Trinajstić information content (AvgIpc) is 3.03. The van der Waals surface area contributed by atoms with Gasteiger partial charge in [-0.2, -0.15) is 4.39 Å². The van der Waals surface area contributed by atoms with Crippen LogP contribution in [0.15, 0.2) is 47.2 Å². The van der Waals surface area contributed by atoms with Crippen LogP contribution in [0.1, 0.15) is 11.1 Å². The number of aliphatic imine (C=N–C) groups is 1. The molecule has 2 atom stereocenters. The topological polar surface area (TPSA) is 63.7 Å². The lowest BCUT2D eigenvalue weighted by Gasteiger charge is -2.20. The van der Waals surface area contributed by atoms with Crippen LogP contribution < -0.4 is 5.73 Å². The third-order valence-electron chi connectivity index (χ3n) is 4.92. The highest BCUT2D eigenvalue weighted by atomic mass is 35.5. The fraction of sp³-hybridized carbons (Fsp3) is 0.300. The van der Waals surface area contributed by atoms with Crippen LogP contribution in [0, 0.1) is 17.7 Å². The molecule has 1 saturated heterocycles. The number of halogens is 3. The maximum absolute atomic E-state index is 13.4. The number of nitrogens with two attached hydrogens (primary N) is 1. The maximum Gasteiger partial charge on any atom is 0.212 e. The highest BCUT2D eigenvalue weighted by Gasteiger charge is 2.33. The Morgan fingerprint density at radius 1 is 1.21 bits per heavy atom. The zero-order chi connectivity index (χ0) is 19.7. The summed E-state index contributed by atoms with van der Waals surface area (Å²) in [6.07, 6.45) is 3.33. The van der Waals surface area contributed by atoms with Crippen molar-refractivity contribution in [1.82, 2.24) is 9.88 Å². The third kappa shape index (κ3) is 4.06. The average molecular weight is 405 g/mol. The Morgan fingerprint density at radius 2 is 2.07 bits per heavy atom. The number of aromatic nitrogens is 1. The van der Waals surface area contributed by atoms with Crippen LogP contribution in [-0.2, 0) is 11.3 Å². The molecule has 1 unspecified atom stereocenters. The second kappa shape index (κ2) is 7.95. The quantitative estimate of drug-likeness (QED) is 0.798. The van der Waals surface area contributed by atoms with Gasteiger partial charge in [0.15, 0.2) is 0 Å². The van der Waals surface area contributed by atoms with Crippen LogP contribution in [0.25, 0.3) is 5.70 Å². The van der Waals surface area contributed by atoms with Crippen LogP contribution in [-0.4, -0.2) is 41.9 Å². The molecule has 0 saturated carbocycles. The SMILES string of the molecule is N/C1=C(/c2ccc(F)cc2Cl)N=CC2CN(Cc3ccc(F)nc3)C[C@H]2OC1. The predicted octanol–water partition coefficient (Wildman–Crippen LogP) is 3.24. The van der Waals surface area contributed by atoms with Crippen molar-refractivity contribution in [2.45, 2.75) is 12.6 Å². The van der Waals surface area contributed by atoms with Gasteiger partial charge in [0.25, 0.3) is 0 Å². The molecule has 0 radical (unpaired) electrons. The second-order valence-electron chi connectivity index (χ2n) is 6.97. The van der Waals surface area contributed by atoms with Gasteiger partial charge in [-0.05, 0) is 29.8 Å². The van der Waals surface area contributed by atoms with E-state index in [1.54, 1.807) is 18.3 Å². The fourth-order valence-corrected chi connectivity index (χ4v) is 3.79. The van der Waals surface area contributed by atoms with Gasteiger partial charge in [-0.25, -0.2) is 9.37 Å². The standard InChI is InChI=1S/C20H19ClF2N4O/c21-16-5-14(22)2-3-15(16)20-17(24)11-28-18-10-27(9-13(18)7-26-20)8-12-1-4-19(23)25-6-12/h1-7,13,18H,8-11,24H2/b20-17-,26-7?/t13?,18-/m1/s1. The smallest absolute Gasteiger partial charge is 0.212 e. The molecule has 1 fully saturated rings. The summed E-state index contributed by atoms with van der Waals surface area (Å²) in [4.78, 5) is 10.5. The Balaban J connectivity index is 1.51. The first-order chi connectivity index (χ1) is 13.5. The molecule has 3 heterocycles. The van der Waals surface area contributed by atoms with E-state index in [2.05, 4.69) is 14.9 Å².